The van der Waals surface area contributed by atoms with Gasteiger partial charge in [0.1, 0.15) is 11.5 Å². The number of fused-ring (bicyclic) bond motifs is 1. The Bertz CT molecular complexity index is 1190. The van der Waals surface area contributed by atoms with Gasteiger partial charge in [0, 0.05) is 15.4 Å². The van der Waals surface area contributed by atoms with Crippen molar-refractivity contribution in [3.63, 3.8) is 0 Å². The van der Waals surface area contributed by atoms with E-state index in [1.807, 2.05) is 18.2 Å². The third-order valence-corrected chi connectivity index (χ3v) is 5.73. The van der Waals surface area contributed by atoms with Gasteiger partial charge in [-0.1, -0.05) is 54.0 Å². The second-order valence-electron chi connectivity index (χ2n) is 7.12. The minimum atomic E-state index is -0.996. The van der Waals surface area contributed by atoms with Crippen molar-refractivity contribution in [2.75, 3.05) is 0 Å². The number of nitrogens with zero attached hydrogens (tertiary/aromatic N) is 1. The van der Waals surface area contributed by atoms with Crippen LogP contribution in [0.2, 0.25) is 0 Å². The number of aromatic nitrogens is 1. The maximum Gasteiger partial charge on any atom is 0.336 e. The second-order valence-corrected chi connectivity index (χ2v) is 8.03. The molecule has 0 amide bonds. The van der Waals surface area contributed by atoms with Crippen molar-refractivity contribution in [2.45, 2.75) is 26.2 Å². The van der Waals surface area contributed by atoms with Crippen LogP contribution < -0.4 is 0 Å². The summed E-state index contributed by atoms with van der Waals surface area (Å²) in [7, 11) is 0. The van der Waals surface area contributed by atoms with E-state index in [4.69, 9.17) is 4.42 Å². The summed E-state index contributed by atoms with van der Waals surface area (Å²) in [6, 6.07) is 19.0. The second kappa shape index (κ2) is 7.84. The van der Waals surface area contributed by atoms with Crippen LogP contribution in [0.1, 0.15) is 42.1 Å². The zero-order chi connectivity index (χ0) is 20.5. The van der Waals surface area contributed by atoms with Gasteiger partial charge in [0.2, 0.25) is 0 Å². The van der Waals surface area contributed by atoms with Crippen molar-refractivity contribution >= 4 is 32.8 Å². The molecule has 0 spiro atoms. The van der Waals surface area contributed by atoms with Crippen molar-refractivity contribution in [1.29, 1.82) is 0 Å². The first-order valence-electron chi connectivity index (χ1n) is 9.50. The number of hydrogen-bond acceptors (Lipinski definition) is 3. The van der Waals surface area contributed by atoms with E-state index in [1.165, 1.54) is 5.56 Å². The number of pyridine rings is 1. The van der Waals surface area contributed by atoms with Gasteiger partial charge in [-0.15, -0.1) is 0 Å². The molecular formula is C24H20BrNO3. The van der Waals surface area contributed by atoms with Gasteiger partial charge < -0.3 is 9.52 Å². The van der Waals surface area contributed by atoms with Crippen LogP contribution in [0.25, 0.3) is 33.7 Å². The molecule has 146 valence electrons. The predicted molar refractivity (Wildman–Crippen MR) is 118 cm³/mol. The fourth-order valence-electron chi connectivity index (χ4n) is 3.34. The summed E-state index contributed by atoms with van der Waals surface area (Å²) in [4.78, 5) is 16.4. The molecule has 5 heteroatoms. The third kappa shape index (κ3) is 3.83. The third-order valence-electron chi connectivity index (χ3n) is 5.24. The van der Waals surface area contributed by atoms with Crippen LogP contribution in [-0.2, 0) is 0 Å². The Morgan fingerprint density at radius 3 is 2.48 bits per heavy atom. The minimum absolute atomic E-state index is 0.196. The zero-order valence-corrected chi connectivity index (χ0v) is 17.7. The van der Waals surface area contributed by atoms with E-state index in [0.717, 1.165) is 22.2 Å². The van der Waals surface area contributed by atoms with E-state index in [1.54, 1.807) is 18.2 Å². The van der Waals surface area contributed by atoms with Gasteiger partial charge in [-0.2, -0.15) is 0 Å². The molecule has 29 heavy (non-hydrogen) atoms. The molecular weight excluding hydrogens is 430 g/mol. The highest BCUT2D eigenvalue weighted by Crippen LogP contribution is 2.32. The van der Waals surface area contributed by atoms with Gasteiger partial charge in [-0.05, 0) is 54.3 Å². The van der Waals surface area contributed by atoms with E-state index < -0.39 is 5.97 Å². The van der Waals surface area contributed by atoms with E-state index in [0.29, 0.717) is 28.3 Å². The molecule has 2 aromatic heterocycles. The Hall–Kier alpha value is -2.92. The molecule has 2 aromatic carbocycles. The number of aromatic carboxylic acids is 1. The lowest BCUT2D eigenvalue weighted by atomic mass is 9.97. The molecule has 2 heterocycles. The molecule has 0 fully saturated rings. The largest absolute Gasteiger partial charge is 0.478 e. The monoisotopic (exact) mass is 449 g/mol. The van der Waals surface area contributed by atoms with Gasteiger partial charge in [0.05, 0.1) is 11.1 Å². The molecule has 1 unspecified atom stereocenters. The number of carboxylic acids is 1. The molecule has 0 aliphatic carbocycles. The molecule has 0 aliphatic rings. The number of hydrogen-bond donors (Lipinski definition) is 1. The molecule has 1 N–H and O–H groups in total. The zero-order valence-electron chi connectivity index (χ0n) is 16.1. The van der Waals surface area contributed by atoms with Crippen molar-refractivity contribution in [3.05, 3.63) is 76.3 Å². The fourth-order valence-corrected chi connectivity index (χ4v) is 3.70. The Morgan fingerprint density at radius 2 is 1.79 bits per heavy atom. The van der Waals surface area contributed by atoms with Crippen LogP contribution in [0.4, 0.5) is 0 Å². The standard InChI is InChI=1S/C24H20BrNO3/c1-3-14(2)15-4-6-16(7-5-15)22-10-11-23(29-22)21-13-19(24(27)28)18-12-17(25)8-9-20(18)26-21/h4-14H,3H2,1-2H3,(H,27,28). The molecule has 4 rings (SSSR count). The molecule has 0 bridgehead atoms. The van der Waals surface area contributed by atoms with E-state index in [9.17, 15) is 9.90 Å². The highest BCUT2D eigenvalue weighted by atomic mass is 79.9. The highest BCUT2D eigenvalue weighted by Gasteiger charge is 2.16. The molecule has 0 aliphatic heterocycles. The van der Waals surface area contributed by atoms with E-state index in [2.05, 4.69) is 59.0 Å². The van der Waals surface area contributed by atoms with E-state index >= 15 is 0 Å². The van der Waals surface area contributed by atoms with Crippen LogP contribution >= 0.6 is 15.9 Å². The van der Waals surface area contributed by atoms with Gasteiger partial charge in [-0.25, -0.2) is 9.78 Å². The summed E-state index contributed by atoms with van der Waals surface area (Å²) >= 11 is 3.39. The van der Waals surface area contributed by atoms with Gasteiger partial charge in [0.25, 0.3) is 0 Å². The predicted octanol–water partition coefficient (Wildman–Crippen LogP) is 7.14. The average molecular weight is 450 g/mol. The van der Waals surface area contributed by atoms with Crippen LogP contribution in [-0.4, -0.2) is 16.1 Å². The molecule has 4 aromatic rings. The van der Waals surface area contributed by atoms with E-state index in [-0.39, 0.29) is 5.56 Å². The van der Waals surface area contributed by atoms with Crippen molar-refractivity contribution < 1.29 is 14.3 Å². The first-order chi connectivity index (χ1) is 14.0. The van der Waals surface area contributed by atoms with Crippen molar-refractivity contribution in [1.82, 2.24) is 4.98 Å². The summed E-state index contributed by atoms with van der Waals surface area (Å²) < 4.78 is 6.83. The Balaban J connectivity index is 1.73. The van der Waals surface area contributed by atoms with Gasteiger partial charge >= 0.3 is 5.97 Å². The number of halogens is 1. The number of carbonyl (C=O) groups is 1. The number of rotatable bonds is 5. The SMILES string of the molecule is CCC(C)c1ccc(-c2ccc(-c3cc(C(=O)O)c4cc(Br)ccc4n3)o2)cc1. The lowest BCUT2D eigenvalue weighted by molar-refractivity contribution is 0.0699. The Labute approximate surface area is 177 Å². The summed E-state index contributed by atoms with van der Waals surface area (Å²) in [5.74, 6) is 0.792. The first-order valence-corrected chi connectivity index (χ1v) is 10.3. The van der Waals surface area contributed by atoms with Crippen LogP contribution in [0.15, 0.2) is 69.6 Å². The quantitative estimate of drug-likeness (QED) is 0.351. The van der Waals surface area contributed by atoms with Gasteiger partial charge in [0.15, 0.2) is 5.76 Å². The van der Waals surface area contributed by atoms with Crippen molar-refractivity contribution in [3.8, 4) is 22.8 Å². The molecule has 1 atom stereocenters. The van der Waals surface area contributed by atoms with Gasteiger partial charge in [-0.3, -0.25) is 0 Å². The average Bonchev–Trinajstić information content (AvgIpc) is 3.22. The van der Waals surface area contributed by atoms with Crippen LogP contribution in [0, 0.1) is 0 Å². The number of benzene rings is 2. The number of carboxylic acid groups (broad SMARTS) is 1. The number of furan rings is 1. The maximum absolute atomic E-state index is 11.8. The van der Waals surface area contributed by atoms with Crippen LogP contribution in [0.3, 0.4) is 0 Å². The normalized spacial score (nSPS) is 12.2. The fraction of sp³-hybridized carbons (Fsp3) is 0.167. The summed E-state index contributed by atoms with van der Waals surface area (Å²) in [6.45, 7) is 4.39. The topological polar surface area (TPSA) is 63.3 Å². The molecule has 4 nitrogen and oxygen atoms in total. The summed E-state index contributed by atoms with van der Waals surface area (Å²) in [5, 5.41) is 10.2. The lowest BCUT2D eigenvalue weighted by Crippen LogP contribution is -2.00. The maximum atomic E-state index is 11.8. The molecule has 0 saturated heterocycles. The highest BCUT2D eigenvalue weighted by molar-refractivity contribution is 9.10. The summed E-state index contributed by atoms with van der Waals surface area (Å²) in [5.41, 5.74) is 3.59. The molecule has 0 radical (unpaired) electrons. The minimum Gasteiger partial charge on any atom is -0.478 e. The smallest absolute Gasteiger partial charge is 0.336 e. The lowest BCUT2D eigenvalue weighted by Gasteiger charge is -2.09. The van der Waals surface area contributed by atoms with Crippen LogP contribution in [0.5, 0.6) is 0 Å². The Kier molecular flexibility index (Phi) is 5.24. The van der Waals surface area contributed by atoms with Crippen molar-refractivity contribution in [2.24, 2.45) is 0 Å². The molecule has 0 saturated carbocycles. The Morgan fingerprint density at radius 1 is 1.07 bits per heavy atom. The first kappa shape index (κ1) is 19.4. The summed E-state index contributed by atoms with van der Waals surface area (Å²) in [6.07, 6.45) is 1.10.